The SMILES string of the molecule is CCOc1ccc(C(O)Cc2ccc(Br)s2)cc1OCC. The highest BCUT2D eigenvalue weighted by molar-refractivity contribution is 9.11. The Kier molecular flexibility index (Phi) is 6.08. The molecule has 0 amide bonds. The van der Waals surface area contributed by atoms with Crippen LogP contribution >= 0.6 is 27.3 Å². The number of aliphatic hydroxyl groups is 1. The van der Waals surface area contributed by atoms with E-state index in [4.69, 9.17) is 9.47 Å². The van der Waals surface area contributed by atoms with Gasteiger partial charge in [0.15, 0.2) is 11.5 Å². The van der Waals surface area contributed by atoms with Gasteiger partial charge in [-0.25, -0.2) is 0 Å². The van der Waals surface area contributed by atoms with Crippen molar-refractivity contribution in [1.82, 2.24) is 0 Å². The molecule has 0 aliphatic rings. The van der Waals surface area contributed by atoms with Crippen molar-refractivity contribution in [2.45, 2.75) is 26.4 Å². The molecule has 21 heavy (non-hydrogen) atoms. The lowest BCUT2D eigenvalue weighted by Crippen LogP contribution is -2.03. The molecule has 1 atom stereocenters. The number of benzene rings is 1. The molecule has 1 heterocycles. The molecular formula is C16H19BrO3S. The van der Waals surface area contributed by atoms with Gasteiger partial charge in [0, 0.05) is 11.3 Å². The zero-order valence-corrected chi connectivity index (χ0v) is 14.5. The first-order valence-electron chi connectivity index (χ1n) is 6.95. The van der Waals surface area contributed by atoms with Crippen molar-refractivity contribution < 1.29 is 14.6 Å². The van der Waals surface area contributed by atoms with Crippen LogP contribution in [0.3, 0.4) is 0 Å². The summed E-state index contributed by atoms with van der Waals surface area (Å²) < 4.78 is 12.2. The summed E-state index contributed by atoms with van der Waals surface area (Å²) in [4.78, 5) is 1.14. The van der Waals surface area contributed by atoms with Gasteiger partial charge < -0.3 is 14.6 Å². The van der Waals surface area contributed by atoms with Gasteiger partial charge in [-0.1, -0.05) is 6.07 Å². The molecule has 0 saturated carbocycles. The van der Waals surface area contributed by atoms with Crippen molar-refractivity contribution >= 4 is 27.3 Å². The molecule has 0 fully saturated rings. The standard InChI is InChI=1S/C16H19BrO3S/c1-3-19-14-7-5-11(9-15(14)20-4-2)13(18)10-12-6-8-16(17)21-12/h5-9,13,18H,3-4,10H2,1-2H3. The van der Waals surface area contributed by atoms with Crippen LogP contribution in [0.2, 0.25) is 0 Å². The first-order valence-corrected chi connectivity index (χ1v) is 8.56. The lowest BCUT2D eigenvalue weighted by Gasteiger charge is -2.15. The number of ether oxygens (including phenoxy) is 2. The Balaban J connectivity index is 2.16. The van der Waals surface area contributed by atoms with Crippen LogP contribution in [0.1, 0.15) is 30.4 Å². The lowest BCUT2D eigenvalue weighted by molar-refractivity contribution is 0.178. The van der Waals surface area contributed by atoms with E-state index < -0.39 is 6.10 Å². The fraction of sp³-hybridized carbons (Fsp3) is 0.375. The molecule has 0 bridgehead atoms. The van der Waals surface area contributed by atoms with Crippen molar-refractivity contribution in [3.63, 3.8) is 0 Å². The second kappa shape index (κ2) is 7.82. The summed E-state index contributed by atoms with van der Waals surface area (Å²) in [5.74, 6) is 1.40. The Morgan fingerprint density at radius 3 is 2.43 bits per heavy atom. The van der Waals surface area contributed by atoms with Gasteiger partial charge in [0.05, 0.1) is 23.1 Å². The predicted octanol–water partition coefficient (Wildman–Crippen LogP) is 4.58. The molecule has 1 aromatic heterocycles. The van der Waals surface area contributed by atoms with E-state index in [2.05, 4.69) is 15.9 Å². The molecule has 1 N–H and O–H groups in total. The van der Waals surface area contributed by atoms with Crippen molar-refractivity contribution in [3.8, 4) is 11.5 Å². The quantitative estimate of drug-likeness (QED) is 0.774. The minimum atomic E-state index is -0.551. The second-order valence-electron chi connectivity index (χ2n) is 4.50. The molecule has 3 nitrogen and oxygen atoms in total. The molecule has 0 aliphatic heterocycles. The Bertz CT molecular complexity index is 583. The molecule has 114 valence electrons. The smallest absolute Gasteiger partial charge is 0.161 e. The van der Waals surface area contributed by atoms with Crippen LogP contribution in [-0.2, 0) is 6.42 Å². The normalized spacial score (nSPS) is 12.2. The summed E-state index contributed by atoms with van der Waals surface area (Å²) in [5, 5.41) is 10.4. The Labute approximate surface area is 137 Å². The minimum absolute atomic E-state index is 0.551. The van der Waals surface area contributed by atoms with Crippen LogP contribution < -0.4 is 9.47 Å². The van der Waals surface area contributed by atoms with Crippen LogP contribution in [0.15, 0.2) is 34.1 Å². The average Bonchev–Trinajstić information content (AvgIpc) is 2.86. The Morgan fingerprint density at radius 1 is 1.10 bits per heavy atom. The lowest BCUT2D eigenvalue weighted by atomic mass is 10.1. The molecule has 1 unspecified atom stereocenters. The zero-order chi connectivity index (χ0) is 15.2. The molecule has 0 saturated heterocycles. The van der Waals surface area contributed by atoms with Gasteiger partial charge in [0.2, 0.25) is 0 Å². The monoisotopic (exact) mass is 370 g/mol. The summed E-state index contributed by atoms with van der Waals surface area (Å²) in [7, 11) is 0. The first kappa shape index (κ1) is 16.3. The number of hydrogen-bond acceptors (Lipinski definition) is 4. The third kappa shape index (κ3) is 4.46. The zero-order valence-electron chi connectivity index (χ0n) is 12.1. The fourth-order valence-corrected chi connectivity index (χ4v) is 3.56. The largest absolute Gasteiger partial charge is 0.490 e. The third-order valence-corrected chi connectivity index (χ3v) is 4.62. The molecule has 1 aromatic carbocycles. The first-order chi connectivity index (χ1) is 10.1. The minimum Gasteiger partial charge on any atom is -0.490 e. The number of aliphatic hydroxyl groups excluding tert-OH is 1. The maximum absolute atomic E-state index is 10.4. The molecule has 2 aromatic rings. The number of rotatable bonds is 7. The van der Waals surface area contributed by atoms with Crippen LogP contribution in [-0.4, -0.2) is 18.3 Å². The van der Waals surface area contributed by atoms with Crippen molar-refractivity contribution in [2.24, 2.45) is 0 Å². The number of halogens is 1. The summed E-state index contributed by atoms with van der Waals surface area (Å²) in [6.45, 7) is 5.03. The number of thiophene rings is 1. The van der Waals surface area contributed by atoms with Gasteiger partial charge in [0.1, 0.15) is 0 Å². The van der Waals surface area contributed by atoms with Gasteiger partial charge in [-0.15, -0.1) is 11.3 Å². The molecule has 0 spiro atoms. The van der Waals surface area contributed by atoms with Gasteiger partial charge in [0.25, 0.3) is 0 Å². The van der Waals surface area contributed by atoms with E-state index in [1.54, 1.807) is 11.3 Å². The number of hydrogen-bond donors (Lipinski definition) is 1. The van der Waals surface area contributed by atoms with Crippen molar-refractivity contribution in [3.05, 3.63) is 44.6 Å². The summed E-state index contributed by atoms with van der Waals surface area (Å²) in [6.07, 6.45) is 0.0425. The predicted molar refractivity (Wildman–Crippen MR) is 89.5 cm³/mol. The van der Waals surface area contributed by atoms with Gasteiger partial charge >= 0.3 is 0 Å². The highest BCUT2D eigenvalue weighted by Crippen LogP contribution is 2.33. The van der Waals surface area contributed by atoms with Crippen LogP contribution in [0.5, 0.6) is 11.5 Å². The molecule has 2 rings (SSSR count). The van der Waals surface area contributed by atoms with Gasteiger partial charge in [-0.05, 0) is 59.6 Å². The molecule has 5 heteroatoms. The van der Waals surface area contributed by atoms with E-state index in [0.29, 0.717) is 31.1 Å². The van der Waals surface area contributed by atoms with E-state index in [-0.39, 0.29) is 0 Å². The van der Waals surface area contributed by atoms with E-state index in [9.17, 15) is 5.11 Å². The molecule has 0 radical (unpaired) electrons. The van der Waals surface area contributed by atoms with Crippen molar-refractivity contribution in [2.75, 3.05) is 13.2 Å². The van der Waals surface area contributed by atoms with Crippen LogP contribution in [0.25, 0.3) is 0 Å². The van der Waals surface area contributed by atoms with Gasteiger partial charge in [-0.3, -0.25) is 0 Å². The fourth-order valence-electron chi connectivity index (χ4n) is 2.04. The van der Waals surface area contributed by atoms with E-state index in [1.807, 2.05) is 44.2 Å². The Morgan fingerprint density at radius 2 is 1.81 bits per heavy atom. The van der Waals surface area contributed by atoms with E-state index in [1.165, 1.54) is 0 Å². The summed E-state index contributed by atoms with van der Waals surface area (Å²) >= 11 is 5.07. The summed E-state index contributed by atoms with van der Waals surface area (Å²) in [5.41, 5.74) is 0.839. The maximum Gasteiger partial charge on any atom is 0.161 e. The summed E-state index contributed by atoms with van der Waals surface area (Å²) in [6, 6.07) is 9.63. The third-order valence-electron chi connectivity index (χ3n) is 2.98. The molecular weight excluding hydrogens is 352 g/mol. The van der Waals surface area contributed by atoms with Crippen LogP contribution in [0, 0.1) is 0 Å². The van der Waals surface area contributed by atoms with Crippen LogP contribution in [0.4, 0.5) is 0 Å². The maximum atomic E-state index is 10.4. The van der Waals surface area contributed by atoms with E-state index in [0.717, 1.165) is 14.2 Å². The average molecular weight is 371 g/mol. The topological polar surface area (TPSA) is 38.7 Å². The Hall–Kier alpha value is -1.04. The highest BCUT2D eigenvalue weighted by Gasteiger charge is 2.14. The highest BCUT2D eigenvalue weighted by atomic mass is 79.9. The van der Waals surface area contributed by atoms with Crippen molar-refractivity contribution in [1.29, 1.82) is 0 Å². The van der Waals surface area contributed by atoms with Gasteiger partial charge in [-0.2, -0.15) is 0 Å². The second-order valence-corrected chi connectivity index (χ2v) is 7.05. The van der Waals surface area contributed by atoms with E-state index >= 15 is 0 Å². The molecule has 0 aliphatic carbocycles.